The van der Waals surface area contributed by atoms with Gasteiger partial charge in [-0.05, 0) is 19.1 Å². The summed E-state index contributed by atoms with van der Waals surface area (Å²) in [7, 11) is 0. The van der Waals surface area contributed by atoms with E-state index in [0.29, 0.717) is 11.4 Å². The number of pyridine rings is 1. The monoisotopic (exact) mass is 263 g/mol. The molecular formula is C10H12F3N3S. The van der Waals surface area contributed by atoms with Gasteiger partial charge in [0.25, 0.3) is 0 Å². The molecule has 0 saturated carbocycles. The Balaban J connectivity index is 2.60. The van der Waals surface area contributed by atoms with Crippen LogP contribution in [0, 0.1) is 0 Å². The molecule has 0 aliphatic heterocycles. The highest BCUT2D eigenvalue weighted by molar-refractivity contribution is 7.80. The molecule has 7 heteroatoms. The van der Waals surface area contributed by atoms with Gasteiger partial charge in [0.15, 0.2) is 0 Å². The molecule has 0 amide bonds. The van der Waals surface area contributed by atoms with Gasteiger partial charge < -0.3 is 11.1 Å². The Labute approximate surface area is 102 Å². The molecule has 1 unspecified atom stereocenters. The van der Waals surface area contributed by atoms with Gasteiger partial charge in [0.05, 0.1) is 6.42 Å². The van der Waals surface area contributed by atoms with Gasteiger partial charge in [0, 0.05) is 17.8 Å². The van der Waals surface area contributed by atoms with Crippen molar-refractivity contribution in [2.75, 3.05) is 5.32 Å². The zero-order valence-electron chi connectivity index (χ0n) is 9.08. The summed E-state index contributed by atoms with van der Waals surface area (Å²) in [5.41, 5.74) is 5.95. The summed E-state index contributed by atoms with van der Waals surface area (Å²) in [5.74, 6) is 0.363. The number of nitrogens with zero attached hydrogens (tertiary/aromatic N) is 1. The average Bonchev–Trinajstić information content (AvgIpc) is 2.15. The van der Waals surface area contributed by atoms with Crippen molar-refractivity contribution in [3.8, 4) is 0 Å². The maximum absolute atomic E-state index is 12.1. The highest BCUT2D eigenvalue weighted by Gasteiger charge is 2.29. The third kappa shape index (κ3) is 4.99. The van der Waals surface area contributed by atoms with Crippen LogP contribution < -0.4 is 11.1 Å². The van der Waals surface area contributed by atoms with Gasteiger partial charge in [0.1, 0.15) is 10.8 Å². The molecule has 0 aromatic carbocycles. The zero-order chi connectivity index (χ0) is 13.1. The van der Waals surface area contributed by atoms with Crippen LogP contribution >= 0.6 is 12.2 Å². The summed E-state index contributed by atoms with van der Waals surface area (Å²) < 4.78 is 36.3. The lowest BCUT2D eigenvalue weighted by Gasteiger charge is -2.16. The topological polar surface area (TPSA) is 50.9 Å². The molecule has 1 rings (SSSR count). The van der Waals surface area contributed by atoms with Crippen LogP contribution in [0.15, 0.2) is 18.3 Å². The Hall–Kier alpha value is -1.37. The van der Waals surface area contributed by atoms with Crippen LogP contribution in [0.3, 0.4) is 0 Å². The molecule has 0 fully saturated rings. The molecule has 1 aromatic heterocycles. The summed E-state index contributed by atoms with van der Waals surface area (Å²) >= 11 is 4.73. The zero-order valence-corrected chi connectivity index (χ0v) is 9.90. The first-order chi connectivity index (χ1) is 7.78. The van der Waals surface area contributed by atoms with Crippen molar-refractivity contribution in [2.24, 2.45) is 5.73 Å². The number of thiocarbonyl (C=S) groups is 1. The molecule has 94 valence electrons. The molecule has 0 radical (unpaired) electrons. The standard InChI is InChI=1S/C10H12F3N3S/c1-6(4-10(11,12)13)16-8-3-2-7(5-15-8)9(14)17/h2-3,5-6H,4H2,1H3,(H2,14,17)(H,15,16). The fourth-order valence-corrected chi connectivity index (χ4v) is 1.40. The second-order valence-corrected chi connectivity index (χ2v) is 4.10. The van der Waals surface area contributed by atoms with Crippen LogP contribution in [0.2, 0.25) is 0 Å². The second kappa shape index (κ2) is 5.31. The number of aromatic nitrogens is 1. The van der Waals surface area contributed by atoms with Crippen LogP contribution in [0.25, 0.3) is 0 Å². The highest BCUT2D eigenvalue weighted by Crippen LogP contribution is 2.22. The van der Waals surface area contributed by atoms with E-state index in [2.05, 4.69) is 10.3 Å². The molecule has 1 heterocycles. The van der Waals surface area contributed by atoms with E-state index >= 15 is 0 Å². The number of hydrogen-bond acceptors (Lipinski definition) is 3. The lowest BCUT2D eigenvalue weighted by Crippen LogP contribution is -2.24. The quantitative estimate of drug-likeness (QED) is 0.819. The van der Waals surface area contributed by atoms with E-state index in [0.717, 1.165) is 0 Å². The average molecular weight is 263 g/mol. The van der Waals surface area contributed by atoms with E-state index in [4.69, 9.17) is 18.0 Å². The molecule has 17 heavy (non-hydrogen) atoms. The summed E-state index contributed by atoms with van der Waals surface area (Å²) in [6, 6.07) is 2.41. The van der Waals surface area contributed by atoms with Crippen LogP contribution in [0.5, 0.6) is 0 Å². The number of hydrogen-bond donors (Lipinski definition) is 2. The number of halogens is 3. The van der Waals surface area contributed by atoms with Crippen molar-refractivity contribution in [1.29, 1.82) is 0 Å². The maximum Gasteiger partial charge on any atom is 0.391 e. The summed E-state index contributed by atoms with van der Waals surface area (Å²) in [4.78, 5) is 4.13. The number of rotatable bonds is 4. The lowest BCUT2D eigenvalue weighted by atomic mass is 10.2. The largest absolute Gasteiger partial charge is 0.391 e. The van der Waals surface area contributed by atoms with Crippen molar-refractivity contribution < 1.29 is 13.2 Å². The Morgan fingerprint density at radius 1 is 1.53 bits per heavy atom. The molecule has 0 saturated heterocycles. The van der Waals surface area contributed by atoms with E-state index in [9.17, 15) is 13.2 Å². The third-order valence-electron chi connectivity index (χ3n) is 1.98. The summed E-state index contributed by atoms with van der Waals surface area (Å²) in [6.45, 7) is 1.44. The fraction of sp³-hybridized carbons (Fsp3) is 0.400. The van der Waals surface area contributed by atoms with Gasteiger partial charge in [-0.2, -0.15) is 13.2 Å². The van der Waals surface area contributed by atoms with Crippen molar-refractivity contribution in [2.45, 2.75) is 25.6 Å². The number of anilines is 1. The second-order valence-electron chi connectivity index (χ2n) is 3.66. The van der Waals surface area contributed by atoms with Crippen LogP contribution in [-0.4, -0.2) is 22.2 Å². The van der Waals surface area contributed by atoms with Gasteiger partial charge in [-0.25, -0.2) is 4.98 Å². The van der Waals surface area contributed by atoms with Gasteiger partial charge in [0.2, 0.25) is 0 Å². The maximum atomic E-state index is 12.1. The Kier molecular flexibility index (Phi) is 4.28. The summed E-state index contributed by atoms with van der Waals surface area (Å²) in [5, 5.41) is 2.65. The highest BCUT2D eigenvalue weighted by atomic mass is 32.1. The van der Waals surface area contributed by atoms with Gasteiger partial charge in [-0.3, -0.25) is 0 Å². The first-order valence-electron chi connectivity index (χ1n) is 4.87. The van der Waals surface area contributed by atoms with Crippen molar-refractivity contribution >= 4 is 23.0 Å². The predicted octanol–water partition coefficient (Wildman–Crippen LogP) is 2.47. The fourth-order valence-electron chi connectivity index (χ4n) is 1.28. The first kappa shape index (κ1) is 13.7. The Morgan fingerprint density at radius 3 is 2.59 bits per heavy atom. The third-order valence-corrected chi connectivity index (χ3v) is 2.22. The normalized spacial score (nSPS) is 13.2. The summed E-state index contributed by atoms with van der Waals surface area (Å²) in [6.07, 6.45) is -3.68. The van der Waals surface area contributed by atoms with Crippen molar-refractivity contribution in [1.82, 2.24) is 4.98 Å². The number of alkyl halides is 3. The Bertz CT molecular complexity index is 389. The molecule has 0 spiro atoms. The van der Waals surface area contributed by atoms with E-state index in [1.165, 1.54) is 13.1 Å². The number of nitrogens with two attached hydrogens (primary N) is 1. The van der Waals surface area contributed by atoms with E-state index in [-0.39, 0.29) is 4.99 Å². The van der Waals surface area contributed by atoms with Crippen LogP contribution in [-0.2, 0) is 0 Å². The van der Waals surface area contributed by atoms with Crippen molar-refractivity contribution in [3.63, 3.8) is 0 Å². The van der Waals surface area contributed by atoms with Crippen molar-refractivity contribution in [3.05, 3.63) is 23.9 Å². The molecular weight excluding hydrogens is 251 g/mol. The minimum absolute atomic E-state index is 0.201. The van der Waals surface area contributed by atoms with Crippen LogP contribution in [0.4, 0.5) is 19.0 Å². The van der Waals surface area contributed by atoms with E-state index < -0.39 is 18.6 Å². The first-order valence-corrected chi connectivity index (χ1v) is 5.28. The van der Waals surface area contributed by atoms with Gasteiger partial charge in [-0.1, -0.05) is 12.2 Å². The number of nitrogens with one attached hydrogen (secondary N) is 1. The van der Waals surface area contributed by atoms with Gasteiger partial charge in [-0.15, -0.1) is 0 Å². The minimum atomic E-state index is -4.19. The van der Waals surface area contributed by atoms with Crippen LogP contribution in [0.1, 0.15) is 18.9 Å². The lowest BCUT2D eigenvalue weighted by molar-refractivity contribution is -0.136. The molecule has 1 aromatic rings. The molecule has 0 aliphatic rings. The minimum Gasteiger partial charge on any atom is -0.389 e. The molecule has 0 aliphatic carbocycles. The SMILES string of the molecule is CC(CC(F)(F)F)Nc1ccc(C(N)=S)cn1. The van der Waals surface area contributed by atoms with Gasteiger partial charge >= 0.3 is 6.18 Å². The predicted molar refractivity (Wildman–Crippen MR) is 63.9 cm³/mol. The van der Waals surface area contributed by atoms with E-state index in [1.54, 1.807) is 12.1 Å². The molecule has 3 N–H and O–H groups in total. The van der Waals surface area contributed by atoms with E-state index in [1.807, 2.05) is 0 Å². The Morgan fingerprint density at radius 2 is 2.18 bits per heavy atom. The molecule has 0 bridgehead atoms. The molecule has 3 nitrogen and oxygen atoms in total. The smallest absolute Gasteiger partial charge is 0.389 e. The molecule has 1 atom stereocenters.